The number of hydrazone groups is 1. The first-order valence-electron chi connectivity index (χ1n) is 6.12. The van der Waals surface area contributed by atoms with Crippen molar-refractivity contribution in [2.75, 3.05) is 13.7 Å². The fourth-order valence-corrected chi connectivity index (χ4v) is 1.86. The molecule has 0 radical (unpaired) electrons. The zero-order valence-corrected chi connectivity index (χ0v) is 11.0. The Hall–Kier alpha value is -2.17. The van der Waals surface area contributed by atoms with Crippen LogP contribution in [0, 0.1) is 6.92 Å². The molecular weight excluding hydrogens is 244 g/mol. The lowest BCUT2D eigenvalue weighted by molar-refractivity contribution is -0.147. The van der Waals surface area contributed by atoms with Crippen molar-refractivity contribution in [1.29, 1.82) is 0 Å². The molecule has 1 aliphatic rings. The van der Waals surface area contributed by atoms with E-state index < -0.39 is 5.97 Å². The van der Waals surface area contributed by atoms with Gasteiger partial charge in [0.15, 0.2) is 0 Å². The maximum atomic E-state index is 11.7. The topological polar surface area (TPSA) is 59.0 Å². The summed E-state index contributed by atoms with van der Waals surface area (Å²) in [7, 11) is 1.29. The minimum atomic E-state index is -0.470. The Kier molecular flexibility index (Phi) is 3.94. The molecule has 0 aliphatic carbocycles. The molecule has 1 heterocycles. The smallest absolute Gasteiger partial charge is 0.327 e. The van der Waals surface area contributed by atoms with E-state index in [0.29, 0.717) is 12.8 Å². The first-order chi connectivity index (χ1) is 9.10. The molecule has 0 spiro atoms. The summed E-state index contributed by atoms with van der Waals surface area (Å²) >= 11 is 0. The minimum Gasteiger partial charge on any atom is -0.468 e. The van der Waals surface area contributed by atoms with Crippen molar-refractivity contribution in [3.63, 3.8) is 0 Å². The van der Waals surface area contributed by atoms with Crippen LogP contribution >= 0.6 is 0 Å². The van der Waals surface area contributed by atoms with Crippen LogP contribution in [0.1, 0.15) is 24.0 Å². The van der Waals surface area contributed by atoms with Gasteiger partial charge in [0.05, 0.1) is 12.8 Å². The number of ether oxygens (including phenoxy) is 1. The largest absolute Gasteiger partial charge is 0.468 e. The second-order valence-corrected chi connectivity index (χ2v) is 4.44. The predicted molar refractivity (Wildman–Crippen MR) is 70.7 cm³/mol. The molecule has 0 fully saturated rings. The molecule has 1 amide bonds. The van der Waals surface area contributed by atoms with Crippen LogP contribution in [-0.2, 0) is 14.3 Å². The molecule has 5 heteroatoms. The summed E-state index contributed by atoms with van der Waals surface area (Å²) in [5.41, 5.74) is 2.97. The van der Waals surface area contributed by atoms with E-state index in [1.165, 1.54) is 17.7 Å². The van der Waals surface area contributed by atoms with Crippen LogP contribution in [0.2, 0.25) is 0 Å². The molecule has 0 unspecified atom stereocenters. The van der Waals surface area contributed by atoms with Crippen LogP contribution in [0.3, 0.4) is 0 Å². The highest BCUT2D eigenvalue weighted by Gasteiger charge is 2.23. The van der Waals surface area contributed by atoms with Gasteiger partial charge in [-0.05, 0) is 12.5 Å². The number of benzene rings is 1. The van der Waals surface area contributed by atoms with E-state index in [9.17, 15) is 9.59 Å². The lowest BCUT2D eigenvalue weighted by atomic mass is 10.0. The summed E-state index contributed by atoms with van der Waals surface area (Å²) in [5, 5.41) is 5.44. The summed E-state index contributed by atoms with van der Waals surface area (Å²) in [6, 6.07) is 7.94. The first kappa shape index (κ1) is 13.3. The van der Waals surface area contributed by atoms with Gasteiger partial charge >= 0.3 is 5.97 Å². The van der Waals surface area contributed by atoms with E-state index in [1.54, 1.807) is 0 Å². The standard InChI is InChI=1S/C14H16N2O3/c1-10-3-5-11(6-4-10)12-7-8-13(17)16(15-12)9-14(18)19-2/h3-6H,7-9H2,1-2H3. The number of rotatable bonds is 3. The SMILES string of the molecule is COC(=O)CN1N=C(c2ccc(C)cc2)CCC1=O. The first-order valence-corrected chi connectivity index (χ1v) is 6.12. The highest BCUT2D eigenvalue weighted by Crippen LogP contribution is 2.15. The van der Waals surface area contributed by atoms with Gasteiger partial charge in [-0.25, -0.2) is 5.01 Å². The lowest BCUT2D eigenvalue weighted by Crippen LogP contribution is -2.36. The number of esters is 1. The number of hydrogen-bond acceptors (Lipinski definition) is 4. The lowest BCUT2D eigenvalue weighted by Gasteiger charge is -2.22. The molecule has 1 aromatic rings. The Morgan fingerprint density at radius 3 is 2.63 bits per heavy atom. The molecule has 2 rings (SSSR count). The molecule has 0 saturated carbocycles. The number of carbonyl (C=O) groups excluding carboxylic acids is 2. The third-order valence-corrected chi connectivity index (χ3v) is 3.00. The number of amides is 1. The molecule has 0 aromatic heterocycles. The summed E-state index contributed by atoms with van der Waals surface area (Å²) in [5.74, 6) is -0.622. The van der Waals surface area contributed by atoms with E-state index in [1.807, 2.05) is 31.2 Å². The van der Waals surface area contributed by atoms with Crippen LogP contribution in [0.4, 0.5) is 0 Å². The predicted octanol–water partition coefficient (Wildman–Crippen LogP) is 1.49. The third kappa shape index (κ3) is 3.19. The Balaban J connectivity index is 2.21. The van der Waals surface area contributed by atoms with Crippen LogP contribution in [-0.4, -0.2) is 36.3 Å². The maximum Gasteiger partial charge on any atom is 0.327 e. The van der Waals surface area contributed by atoms with Crippen molar-refractivity contribution in [3.8, 4) is 0 Å². The van der Waals surface area contributed by atoms with Gasteiger partial charge in [-0.15, -0.1) is 0 Å². The van der Waals surface area contributed by atoms with Gasteiger partial charge in [0.1, 0.15) is 6.54 Å². The summed E-state index contributed by atoms with van der Waals surface area (Å²) in [4.78, 5) is 22.9. The Morgan fingerprint density at radius 1 is 1.32 bits per heavy atom. The molecule has 5 nitrogen and oxygen atoms in total. The zero-order valence-electron chi connectivity index (χ0n) is 11.0. The molecule has 0 atom stereocenters. The highest BCUT2D eigenvalue weighted by molar-refractivity contribution is 6.04. The van der Waals surface area contributed by atoms with Gasteiger partial charge in [0, 0.05) is 12.8 Å². The van der Waals surface area contributed by atoms with E-state index in [4.69, 9.17) is 0 Å². The average molecular weight is 260 g/mol. The minimum absolute atomic E-state index is 0.134. The van der Waals surface area contributed by atoms with Crippen LogP contribution in [0.15, 0.2) is 29.4 Å². The van der Waals surface area contributed by atoms with Gasteiger partial charge in [-0.2, -0.15) is 5.10 Å². The fraction of sp³-hybridized carbons (Fsp3) is 0.357. The molecule has 0 N–H and O–H groups in total. The number of hydrogen-bond donors (Lipinski definition) is 0. The van der Waals surface area contributed by atoms with Crippen molar-refractivity contribution < 1.29 is 14.3 Å². The van der Waals surface area contributed by atoms with Crippen molar-refractivity contribution in [2.45, 2.75) is 19.8 Å². The zero-order chi connectivity index (χ0) is 13.8. The van der Waals surface area contributed by atoms with Gasteiger partial charge < -0.3 is 4.74 Å². The van der Waals surface area contributed by atoms with Crippen molar-refractivity contribution >= 4 is 17.6 Å². The number of carbonyl (C=O) groups is 2. The van der Waals surface area contributed by atoms with E-state index in [2.05, 4.69) is 9.84 Å². The van der Waals surface area contributed by atoms with Gasteiger partial charge in [-0.3, -0.25) is 9.59 Å². The van der Waals surface area contributed by atoms with E-state index >= 15 is 0 Å². The highest BCUT2D eigenvalue weighted by atomic mass is 16.5. The Labute approximate surface area is 111 Å². The van der Waals surface area contributed by atoms with E-state index in [-0.39, 0.29) is 12.5 Å². The van der Waals surface area contributed by atoms with E-state index in [0.717, 1.165) is 11.3 Å². The quantitative estimate of drug-likeness (QED) is 0.774. The Bertz CT molecular complexity index is 520. The fourth-order valence-electron chi connectivity index (χ4n) is 1.86. The van der Waals surface area contributed by atoms with Gasteiger partial charge in [0.2, 0.25) is 5.91 Å². The van der Waals surface area contributed by atoms with Crippen LogP contribution in [0.25, 0.3) is 0 Å². The molecule has 100 valence electrons. The number of nitrogens with zero attached hydrogens (tertiary/aromatic N) is 2. The molecule has 0 bridgehead atoms. The second kappa shape index (κ2) is 5.65. The summed E-state index contributed by atoms with van der Waals surface area (Å²) in [6.07, 6.45) is 0.962. The summed E-state index contributed by atoms with van der Waals surface area (Å²) in [6.45, 7) is 1.88. The van der Waals surface area contributed by atoms with Gasteiger partial charge in [0.25, 0.3) is 0 Å². The number of aryl methyl sites for hydroxylation is 1. The molecule has 19 heavy (non-hydrogen) atoms. The molecular formula is C14H16N2O3. The normalized spacial score (nSPS) is 15.2. The van der Waals surface area contributed by atoms with Crippen molar-refractivity contribution in [3.05, 3.63) is 35.4 Å². The molecule has 1 aromatic carbocycles. The number of methoxy groups -OCH3 is 1. The Morgan fingerprint density at radius 2 is 2.00 bits per heavy atom. The second-order valence-electron chi connectivity index (χ2n) is 4.44. The average Bonchev–Trinajstić information content (AvgIpc) is 2.42. The van der Waals surface area contributed by atoms with Gasteiger partial charge in [-0.1, -0.05) is 29.8 Å². The molecule has 1 aliphatic heterocycles. The maximum absolute atomic E-state index is 11.7. The monoisotopic (exact) mass is 260 g/mol. The van der Waals surface area contributed by atoms with Crippen LogP contribution < -0.4 is 0 Å². The van der Waals surface area contributed by atoms with Crippen LogP contribution in [0.5, 0.6) is 0 Å². The van der Waals surface area contributed by atoms with Crippen molar-refractivity contribution in [1.82, 2.24) is 5.01 Å². The van der Waals surface area contributed by atoms with Crippen molar-refractivity contribution in [2.24, 2.45) is 5.10 Å². The third-order valence-electron chi connectivity index (χ3n) is 3.00. The molecule has 0 saturated heterocycles. The summed E-state index contributed by atoms with van der Waals surface area (Å²) < 4.78 is 4.56.